The second-order valence-corrected chi connectivity index (χ2v) is 6.38. The molecule has 1 aliphatic heterocycles. The zero-order valence-electron chi connectivity index (χ0n) is 13.1. The topological polar surface area (TPSA) is 45.5 Å². The van der Waals surface area contributed by atoms with Crippen molar-refractivity contribution in [1.82, 2.24) is 20.0 Å². The van der Waals surface area contributed by atoms with Crippen molar-refractivity contribution in [3.8, 4) is 0 Å². The minimum Gasteiger partial charge on any atom is -0.357 e. The Labute approximate surface area is 127 Å². The highest BCUT2D eigenvalue weighted by Crippen LogP contribution is 2.45. The number of rotatable bonds is 4. The van der Waals surface area contributed by atoms with Crippen LogP contribution in [0.3, 0.4) is 0 Å². The maximum absolute atomic E-state index is 4.80. The molecular weight excluding hydrogens is 262 g/mol. The van der Waals surface area contributed by atoms with E-state index in [1.165, 1.54) is 38.6 Å². The van der Waals surface area contributed by atoms with E-state index in [1.807, 2.05) is 23.1 Å². The van der Waals surface area contributed by atoms with Crippen molar-refractivity contribution in [3.05, 3.63) is 18.5 Å². The Bertz CT molecular complexity index is 459. The van der Waals surface area contributed by atoms with Gasteiger partial charge in [-0.1, -0.05) is 12.8 Å². The molecular formula is C16H27N5. The van der Waals surface area contributed by atoms with Gasteiger partial charge in [0.2, 0.25) is 0 Å². The van der Waals surface area contributed by atoms with E-state index >= 15 is 0 Å². The zero-order chi connectivity index (χ0) is 14.5. The lowest BCUT2D eigenvalue weighted by molar-refractivity contribution is 0.309. The van der Waals surface area contributed by atoms with Gasteiger partial charge in [0.05, 0.1) is 13.1 Å². The molecule has 0 unspecified atom stereocenters. The minimum atomic E-state index is 0.595. The first kappa shape index (κ1) is 14.4. The SMILES string of the molecule is CCNC(=NCCn1cccn1)N1CCC2(CCCC2)C1. The number of hydrogen-bond acceptors (Lipinski definition) is 2. The van der Waals surface area contributed by atoms with Crippen LogP contribution in [0.25, 0.3) is 0 Å². The summed E-state index contributed by atoms with van der Waals surface area (Å²) >= 11 is 0. The van der Waals surface area contributed by atoms with Crippen LogP contribution < -0.4 is 5.32 Å². The van der Waals surface area contributed by atoms with Crippen molar-refractivity contribution in [1.29, 1.82) is 0 Å². The average Bonchev–Trinajstić information content (AvgIpc) is 3.22. The van der Waals surface area contributed by atoms with Crippen LogP contribution in [-0.2, 0) is 6.54 Å². The van der Waals surface area contributed by atoms with Crippen molar-refractivity contribution in [2.75, 3.05) is 26.2 Å². The highest BCUT2D eigenvalue weighted by Gasteiger charge is 2.40. The van der Waals surface area contributed by atoms with Gasteiger partial charge >= 0.3 is 0 Å². The molecule has 0 radical (unpaired) electrons. The normalized spacial score (nSPS) is 21.4. The first-order valence-corrected chi connectivity index (χ1v) is 8.32. The van der Waals surface area contributed by atoms with Gasteiger partial charge in [-0.05, 0) is 37.7 Å². The van der Waals surface area contributed by atoms with E-state index in [0.717, 1.165) is 32.1 Å². The number of nitrogens with one attached hydrogen (secondary N) is 1. The predicted octanol–water partition coefficient (Wildman–Crippen LogP) is 2.11. The van der Waals surface area contributed by atoms with Crippen LogP contribution in [0.5, 0.6) is 0 Å². The first-order chi connectivity index (χ1) is 10.3. The number of guanidine groups is 1. The summed E-state index contributed by atoms with van der Waals surface area (Å²) in [5.74, 6) is 1.09. The molecule has 2 aliphatic rings. The Morgan fingerprint density at radius 1 is 1.33 bits per heavy atom. The number of nitrogens with zero attached hydrogens (tertiary/aromatic N) is 4. The van der Waals surface area contributed by atoms with Crippen LogP contribution >= 0.6 is 0 Å². The summed E-state index contributed by atoms with van der Waals surface area (Å²) in [6, 6.07) is 1.96. The highest BCUT2D eigenvalue weighted by atomic mass is 15.3. The number of aromatic nitrogens is 2. The van der Waals surface area contributed by atoms with Crippen molar-refractivity contribution >= 4 is 5.96 Å². The van der Waals surface area contributed by atoms with Gasteiger partial charge in [0.1, 0.15) is 0 Å². The summed E-state index contributed by atoms with van der Waals surface area (Å²) < 4.78 is 1.94. The maximum Gasteiger partial charge on any atom is 0.193 e. The Balaban J connectivity index is 1.58. The third kappa shape index (κ3) is 3.39. The van der Waals surface area contributed by atoms with E-state index in [-0.39, 0.29) is 0 Å². The molecule has 0 bridgehead atoms. The lowest BCUT2D eigenvalue weighted by Crippen LogP contribution is -2.41. The van der Waals surface area contributed by atoms with Crippen LogP contribution in [0.4, 0.5) is 0 Å². The van der Waals surface area contributed by atoms with Gasteiger partial charge in [0.15, 0.2) is 5.96 Å². The third-order valence-corrected chi connectivity index (χ3v) is 4.89. The number of likely N-dealkylation sites (tertiary alicyclic amines) is 1. The van der Waals surface area contributed by atoms with E-state index in [2.05, 4.69) is 22.2 Å². The Hall–Kier alpha value is -1.52. The smallest absolute Gasteiger partial charge is 0.193 e. The summed E-state index contributed by atoms with van der Waals surface area (Å²) in [4.78, 5) is 7.27. The molecule has 0 atom stereocenters. The fourth-order valence-corrected chi connectivity index (χ4v) is 3.77. The van der Waals surface area contributed by atoms with Crippen molar-refractivity contribution in [2.45, 2.75) is 45.6 Å². The van der Waals surface area contributed by atoms with Crippen molar-refractivity contribution in [3.63, 3.8) is 0 Å². The van der Waals surface area contributed by atoms with Gasteiger partial charge < -0.3 is 10.2 Å². The van der Waals surface area contributed by atoms with E-state index in [4.69, 9.17) is 4.99 Å². The van der Waals surface area contributed by atoms with Crippen LogP contribution in [0.1, 0.15) is 39.0 Å². The number of aliphatic imine (C=N–C) groups is 1. The zero-order valence-corrected chi connectivity index (χ0v) is 13.1. The van der Waals surface area contributed by atoms with Gasteiger partial charge in [-0.25, -0.2) is 0 Å². The van der Waals surface area contributed by atoms with Gasteiger partial charge in [0.25, 0.3) is 0 Å². The number of hydrogen-bond donors (Lipinski definition) is 1. The third-order valence-electron chi connectivity index (χ3n) is 4.89. The van der Waals surface area contributed by atoms with Crippen molar-refractivity contribution in [2.24, 2.45) is 10.4 Å². The molecule has 1 spiro atoms. The molecule has 0 amide bonds. The molecule has 1 saturated carbocycles. The van der Waals surface area contributed by atoms with Crippen LogP contribution in [0.15, 0.2) is 23.5 Å². The van der Waals surface area contributed by atoms with Crippen LogP contribution in [0, 0.1) is 5.41 Å². The molecule has 1 saturated heterocycles. The van der Waals surface area contributed by atoms with Gasteiger partial charge in [-0.3, -0.25) is 9.67 Å². The summed E-state index contributed by atoms with van der Waals surface area (Å²) in [5.41, 5.74) is 0.595. The molecule has 2 fully saturated rings. The average molecular weight is 289 g/mol. The summed E-state index contributed by atoms with van der Waals surface area (Å²) in [5, 5.41) is 7.69. The van der Waals surface area contributed by atoms with Crippen molar-refractivity contribution < 1.29 is 0 Å². The fraction of sp³-hybridized carbons (Fsp3) is 0.750. The van der Waals surface area contributed by atoms with E-state index in [1.54, 1.807) is 0 Å². The molecule has 1 aromatic heterocycles. The molecule has 5 heteroatoms. The highest BCUT2D eigenvalue weighted by molar-refractivity contribution is 5.80. The predicted molar refractivity (Wildman–Crippen MR) is 85.3 cm³/mol. The Morgan fingerprint density at radius 2 is 2.19 bits per heavy atom. The van der Waals surface area contributed by atoms with E-state index in [0.29, 0.717) is 5.41 Å². The van der Waals surface area contributed by atoms with E-state index < -0.39 is 0 Å². The molecule has 21 heavy (non-hydrogen) atoms. The largest absolute Gasteiger partial charge is 0.357 e. The Morgan fingerprint density at radius 3 is 2.90 bits per heavy atom. The lowest BCUT2D eigenvalue weighted by Gasteiger charge is -2.26. The standard InChI is InChI=1S/C16H27N5/c1-2-17-15(18-10-13-21-11-5-9-19-21)20-12-8-16(14-20)6-3-4-7-16/h5,9,11H,2-4,6-8,10,12-14H2,1H3,(H,17,18). The fourth-order valence-electron chi connectivity index (χ4n) is 3.77. The van der Waals surface area contributed by atoms with Gasteiger partial charge in [0, 0.05) is 32.0 Å². The molecule has 0 aromatic carbocycles. The summed E-state index contributed by atoms with van der Waals surface area (Å²) in [6.45, 7) is 7.07. The minimum absolute atomic E-state index is 0.595. The molecule has 2 heterocycles. The second-order valence-electron chi connectivity index (χ2n) is 6.38. The first-order valence-electron chi connectivity index (χ1n) is 8.32. The van der Waals surface area contributed by atoms with Gasteiger partial charge in [-0.15, -0.1) is 0 Å². The molecule has 1 aromatic rings. The maximum atomic E-state index is 4.80. The molecule has 3 rings (SSSR count). The lowest BCUT2D eigenvalue weighted by atomic mass is 9.86. The summed E-state index contributed by atoms with van der Waals surface area (Å²) in [6.07, 6.45) is 10.8. The van der Waals surface area contributed by atoms with Crippen LogP contribution in [-0.4, -0.2) is 46.8 Å². The molecule has 5 nitrogen and oxygen atoms in total. The second kappa shape index (κ2) is 6.50. The quantitative estimate of drug-likeness (QED) is 0.682. The molecule has 1 aliphatic carbocycles. The van der Waals surface area contributed by atoms with E-state index in [9.17, 15) is 0 Å². The van der Waals surface area contributed by atoms with Gasteiger partial charge in [-0.2, -0.15) is 5.10 Å². The van der Waals surface area contributed by atoms with Crippen LogP contribution in [0.2, 0.25) is 0 Å². The molecule has 1 N–H and O–H groups in total. The molecule has 116 valence electrons. The Kier molecular flexibility index (Phi) is 4.46. The summed E-state index contributed by atoms with van der Waals surface area (Å²) in [7, 11) is 0. The monoisotopic (exact) mass is 289 g/mol.